The molecule has 8 atom stereocenters. The van der Waals surface area contributed by atoms with Crippen LogP contribution >= 0.6 is 11.8 Å². The Bertz CT molecular complexity index is 2230. The second-order valence-corrected chi connectivity index (χ2v) is 17.0. The summed E-state index contributed by atoms with van der Waals surface area (Å²) in [6.07, 6.45) is 0.198. The van der Waals surface area contributed by atoms with Crippen LogP contribution in [0.3, 0.4) is 0 Å². The van der Waals surface area contributed by atoms with Gasteiger partial charge in [0.2, 0.25) is 6.79 Å². The van der Waals surface area contributed by atoms with E-state index in [-0.39, 0.29) is 42.4 Å². The van der Waals surface area contributed by atoms with E-state index in [1.54, 1.807) is 19.2 Å². The predicted octanol–water partition coefficient (Wildman–Crippen LogP) is 3.86. The summed E-state index contributed by atoms with van der Waals surface area (Å²) in [6, 6.07) is 3.36. The third kappa shape index (κ3) is 4.36. The Hall–Kier alpha value is -4.41. The molecule has 3 fully saturated rings. The van der Waals surface area contributed by atoms with Crippen molar-refractivity contribution in [1.82, 2.24) is 15.1 Å². The third-order valence-corrected chi connectivity index (χ3v) is 14.7. The van der Waals surface area contributed by atoms with Crippen molar-refractivity contribution >= 4 is 23.7 Å². The van der Waals surface area contributed by atoms with Crippen molar-refractivity contribution in [2.45, 2.75) is 87.3 Å². The molecule has 11 rings (SSSR count). The number of hydrogen-bond acceptors (Lipinski definition) is 15. The molecule has 1 unspecified atom stereocenters. The smallest absolute Gasteiger partial charge is 0.331 e. The van der Waals surface area contributed by atoms with E-state index in [2.05, 4.69) is 23.2 Å². The molecule has 0 aromatic heterocycles. The summed E-state index contributed by atoms with van der Waals surface area (Å²) in [5.74, 6) is 1.04. The van der Waals surface area contributed by atoms with E-state index in [0.717, 1.165) is 22.3 Å². The van der Waals surface area contributed by atoms with Crippen molar-refractivity contribution < 1.29 is 53.3 Å². The molecule has 2 bridgehead atoms. The van der Waals surface area contributed by atoms with Gasteiger partial charge in [-0.05, 0) is 74.1 Å². The number of methoxy groups -OCH3 is 2. The van der Waals surface area contributed by atoms with Crippen LogP contribution in [0.2, 0.25) is 0 Å². The number of nitrogens with zero attached hydrogens (tertiary/aromatic N) is 2. The van der Waals surface area contributed by atoms with E-state index < -0.39 is 52.6 Å². The Morgan fingerprint density at radius 1 is 1.02 bits per heavy atom. The minimum Gasteiger partial charge on any atom is -0.504 e. The Kier molecular flexibility index (Phi) is 7.52. The second-order valence-electron chi connectivity index (χ2n) is 15.8. The van der Waals surface area contributed by atoms with Crippen molar-refractivity contribution in [1.29, 1.82) is 0 Å². The number of benzene rings is 3. The van der Waals surface area contributed by atoms with Gasteiger partial charge in [0, 0.05) is 53.1 Å². The van der Waals surface area contributed by atoms with Gasteiger partial charge in [0.05, 0.1) is 37.6 Å². The number of ether oxygens (including phenoxy) is 6. The zero-order chi connectivity index (χ0) is 38.5. The lowest BCUT2D eigenvalue weighted by Gasteiger charge is -2.67. The number of nitrogens with one attached hydrogen (secondary N) is 1. The first-order valence-electron chi connectivity index (χ1n) is 18.6. The van der Waals surface area contributed by atoms with Crippen LogP contribution < -0.4 is 29.0 Å². The van der Waals surface area contributed by atoms with E-state index in [0.29, 0.717) is 64.6 Å². The highest BCUT2D eigenvalue weighted by Crippen LogP contribution is 2.70. The highest BCUT2D eigenvalue weighted by molar-refractivity contribution is 7.99. The first kappa shape index (κ1) is 35.0. The molecule has 0 radical (unpaired) electrons. The second kappa shape index (κ2) is 11.8. The number of piperazine rings is 1. The zero-order valence-electron chi connectivity index (χ0n) is 31.3. The van der Waals surface area contributed by atoms with Gasteiger partial charge in [-0.3, -0.25) is 19.9 Å². The lowest BCUT2D eigenvalue weighted by molar-refractivity contribution is -0.249. The van der Waals surface area contributed by atoms with Gasteiger partial charge < -0.3 is 43.7 Å². The molecule has 8 heterocycles. The third-order valence-electron chi connectivity index (χ3n) is 13.2. The van der Waals surface area contributed by atoms with Crippen molar-refractivity contribution in [2.24, 2.45) is 0 Å². The standard InChI is InChI=1S/C40H43N3O11S/c1-16-9-21-26(31(46)32(16)50-6)29-30-36-28-27(35-34(52-15-53-35)17(2)33(28)54-18(3)44)23(42(30)37(47)22-12-39(21,4)43(22)29)13-51-38(48)40(14-55-36)20-11-25(49-5)24(45)10-19(20)7-8-41-40/h9-11,22-23,29-30,36-37,41,45-47H,7-8,12-15H2,1-6H3/t22-,23-,29+,30+,36+,37-,39?,40+/m0/s1. The largest absolute Gasteiger partial charge is 0.504 e. The van der Waals surface area contributed by atoms with Crippen LogP contribution in [-0.4, -0.2) is 95.3 Å². The number of rotatable bonds is 3. The Morgan fingerprint density at radius 2 is 1.80 bits per heavy atom. The number of phenolic OH excluding ortho intramolecular Hbond substituents is 2. The maximum absolute atomic E-state index is 14.7. The fourth-order valence-corrected chi connectivity index (χ4v) is 12.7. The number of aliphatic hydroxyl groups is 1. The molecule has 1 spiro atoms. The minimum absolute atomic E-state index is 0.0194. The zero-order valence-corrected chi connectivity index (χ0v) is 32.2. The summed E-state index contributed by atoms with van der Waals surface area (Å²) < 4.78 is 36.1. The summed E-state index contributed by atoms with van der Waals surface area (Å²) in [5, 5.41) is 38.4. The lowest BCUT2D eigenvalue weighted by Crippen LogP contribution is -2.75. The van der Waals surface area contributed by atoms with Crippen LogP contribution in [0.1, 0.15) is 82.1 Å². The summed E-state index contributed by atoms with van der Waals surface area (Å²) in [4.78, 5) is 32.0. The van der Waals surface area contributed by atoms with Crippen LogP contribution in [0.15, 0.2) is 18.2 Å². The van der Waals surface area contributed by atoms with Gasteiger partial charge in [0.1, 0.15) is 18.6 Å². The van der Waals surface area contributed by atoms with E-state index in [4.69, 9.17) is 28.4 Å². The Balaban J connectivity index is 1.25. The molecular formula is C40H43N3O11S. The SMILES string of the molecule is COc1cc2c(cc1O)CCN[C@]21CS[C@@H]2c3c(OC(C)=O)c(C)c4c(c3[C@H](COC1=O)N1[C@@H]2[C@H]2c3c(cc(C)c(OC)c3O)C3(C)C[C@@H]([C@@H]1O)N23)OCO4. The molecule has 14 nitrogen and oxygen atoms in total. The number of carbonyl (C=O) groups is 2. The predicted molar refractivity (Wildman–Crippen MR) is 197 cm³/mol. The normalized spacial score (nSPS) is 32.4. The summed E-state index contributed by atoms with van der Waals surface area (Å²) in [5.41, 5.74) is 4.06. The maximum Gasteiger partial charge on any atom is 0.331 e. The van der Waals surface area contributed by atoms with Crippen LogP contribution in [0.5, 0.6) is 40.2 Å². The van der Waals surface area contributed by atoms with Crippen LogP contribution in [0.25, 0.3) is 0 Å². The molecule has 4 N–H and O–H groups in total. The van der Waals surface area contributed by atoms with Gasteiger partial charge in [-0.15, -0.1) is 11.8 Å². The number of aryl methyl sites for hydroxylation is 1. The molecule has 3 aromatic rings. The van der Waals surface area contributed by atoms with Crippen molar-refractivity contribution in [3.63, 3.8) is 0 Å². The van der Waals surface area contributed by atoms with Gasteiger partial charge in [-0.25, -0.2) is 4.79 Å². The molecule has 3 aromatic carbocycles. The fraction of sp³-hybridized carbons (Fsp3) is 0.500. The lowest BCUT2D eigenvalue weighted by atomic mass is 9.72. The summed E-state index contributed by atoms with van der Waals surface area (Å²) >= 11 is 1.48. The van der Waals surface area contributed by atoms with Gasteiger partial charge in [-0.2, -0.15) is 0 Å². The number of carbonyl (C=O) groups excluding carboxylic acids is 2. The number of aliphatic hydroxyl groups excluding tert-OH is 1. The number of esters is 2. The van der Waals surface area contributed by atoms with E-state index in [1.165, 1.54) is 25.8 Å². The molecule has 3 saturated heterocycles. The average Bonchev–Trinajstić information content (AvgIpc) is 3.71. The van der Waals surface area contributed by atoms with Crippen LogP contribution in [0, 0.1) is 13.8 Å². The van der Waals surface area contributed by atoms with Crippen molar-refractivity contribution in [2.75, 3.05) is 39.9 Å². The monoisotopic (exact) mass is 773 g/mol. The first-order chi connectivity index (χ1) is 26.4. The fourth-order valence-electron chi connectivity index (χ4n) is 11.0. The number of phenols is 2. The number of fused-ring (bicyclic) bond motifs is 8. The van der Waals surface area contributed by atoms with E-state index in [9.17, 15) is 24.9 Å². The van der Waals surface area contributed by atoms with Gasteiger partial charge in [0.15, 0.2) is 40.0 Å². The number of thioether (sulfide) groups is 1. The van der Waals surface area contributed by atoms with Crippen molar-refractivity contribution in [3.05, 3.63) is 62.7 Å². The Labute approximate surface area is 321 Å². The Morgan fingerprint density at radius 3 is 2.55 bits per heavy atom. The molecule has 290 valence electrons. The molecule has 0 aliphatic carbocycles. The van der Waals surface area contributed by atoms with E-state index in [1.807, 2.05) is 18.7 Å². The quantitative estimate of drug-likeness (QED) is 0.224. The highest BCUT2D eigenvalue weighted by Gasteiger charge is 2.70. The summed E-state index contributed by atoms with van der Waals surface area (Å²) in [6.45, 7) is 7.47. The molecule has 8 aliphatic heterocycles. The molecule has 0 amide bonds. The molecule has 55 heavy (non-hydrogen) atoms. The average molecular weight is 774 g/mol. The van der Waals surface area contributed by atoms with Gasteiger partial charge in [-0.1, -0.05) is 0 Å². The van der Waals surface area contributed by atoms with Gasteiger partial charge in [0.25, 0.3) is 0 Å². The highest BCUT2D eigenvalue weighted by atomic mass is 32.2. The van der Waals surface area contributed by atoms with Crippen molar-refractivity contribution in [3.8, 4) is 40.2 Å². The molecule has 0 saturated carbocycles. The van der Waals surface area contributed by atoms with Crippen LogP contribution in [0.4, 0.5) is 0 Å². The maximum atomic E-state index is 14.7. The number of hydrogen-bond donors (Lipinski definition) is 4. The summed E-state index contributed by atoms with van der Waals surface area (Å²) in [7, 11) is 3.01. The number of aromatic hydroxyl groups is 2. The topological polar surface area (TPSA) is 169 Å². The molecule has 8 aliphatic rings. The van der Waals surface area contributed by atoms with Gasteiger partial charge >= 0.3 is 11.9 Å². The van der Waals surface area contributed by atoms with Crippen LogP contribution in [-0.2, 0) is 31.8 Å². The molecular weight excluding hydrogens is 731 g/mol. The first-order valence-corrected chi connectivity index (χ1v) is 19.6. The molecule has 15 heteroatoms. The van der Waals surface area contributed by atoms with E-state index >= 15 is 0 Å². The minimum atomic E-state index is -1.36.